The van der Waals surface area contributed by atoms with E-state index in [4.69, 9.17) is 4.74 Å². The lowest BCUT2D eigenvalue weighted by atomic mass is 9.87. The van der Waals surface area contributed by atoms with Gasteiger partial charge >= 0.3 is 0 Å². The van der Waals surface area contributed by atoms with Crippen LogP contribution >= 0.6 is 0 Å². The van der Waals surface area contributed by atoms with Gasteiger partial charge in [-0.05, 0) is 56.7 Å². The third-order valence-electron chi connectivity index (χ3n) is 5.01. The van der Waals surface area contributed by atoms with Gasteiger partial charge in [0.15, 0.2) is 6.10 Å². The predicted molar refractivity (Wildman–Crippen MR) is 103 cm³/mol. The summed E-state index contributed by atoms with van der Waals surface area (Å²) in [5, 5.41) is 3.14. The van der Waals surface area contributed by atoms with Crippen LogP contribution in [-0.2, 0) is 10.2 Å². The van der Waals surface area contributed by atoms with E-state index in [0.29, 0.717) is 6.04 Å². The number of hydrogen-bond donors (Lipinski definition) is 1. The van der Waals surface area contributed by atoms with Crippen molar-refractivity contribution in [1.29, 1.82) is 0 Å². The molecule has 4 heteroatoms. The number of hydrogen-bond acceptors (Lipinski definition) is 3. The van der Waals surface area contributed by atoms with Gasteiger partial charge < -0.3 is 15.0 Å². The standard InChI is InChI=1S/C21H34N2O2/c1-15(2)23-13-11-18(12-14-23)22-20(24)16(3)25-19-9-7-17(8-10-19)21(4,5)6/h7-10,15-16,18H,11-14H2,1-6H3,(H,22,24). The Kier molecular flexibility index (Phi) is 6.50. The first-order chi connectivity index (χ1) is 11.7. The number of carbonyl (C=O) groups excluding carboxylic acids is 1. The highest BCUT2D eigenvalue weighted by atomic mass is 16.5. The lowest BCUT2D eigenvalue weighted by Gasteiger charge is -2.35. The van der Waals surface area contributed by atoms with Crippen molar-refractivity contribution in [2.45, 2.75) is 78.0 Å². The average Bonchev–Trinajstić information content (AvgIpc) is 2.55. The van der Waals surface area contributed by atoms with Crippen LogP contribution < -0.4 is 10.1 Å². The smallest absolute Gasteiger partial charge is 0.260 e. The molecular formula is C21H34N2O2. The van der Waals surface area contributed by atoms with E-state index in [9.17, 15) is 4.79 Å². The quantitative estimate of drug-likeness (QED) is 0.883. The van der Waals surface area contributed by atoms with Gasteiger partial charge in [0.05, 0.1) is 0 Å². The molecule has 1 heterocycles. The van der Waals surface area contributed by atoms with Crippen molar-refractivity contribution in [3.05, 3.63) is 29.8 Å². The van der Waals surface area contributed by atoms with Gasteiger partial charge in [-0.25, -0.2) is 0 Å². The summed E-state index contributed by atoms with van der Waals surface area (Å²) in [6, 6.07) is 8.88. The minimum Gasteiger partial charge on any atom is -0.481 e. The summed E-state index contributed by atoms with van der Waals surface area (Å²) < 4.78 is 5.82. The Hall–Kier alpha value is -1.55. The van der Waals surface area contributed by atoms with Gasteiger partial charge in [0.1, 0.15) is 5.75 Å². The van der Waals surface area contributed by atoms with Crippen molar-refractivity contribution >= 4 is 5.91 Å². The van der Waals surface area contributed by atoms with Crippen LogP contribution in [0.2, 0.25) is 0 Å². The molecule has 1 aromatic rings. The molecule has 1 amide bonds. The van der Waals surface area contributed by atoms with Crippen LogP contribution in [-0.4, -0.2) is 42.1 Å². The van der Waals surface area contributed by atoms with E-state index in [-0.39, 0.29) is 17.4 Å². The van der Waals surface area contributed by atoms with Gasteiger partial charge in [0.25, 0.3) is 5.91 Å². The largest absolute Gasteiger partial charge is 0.481 e. The molecule has 0 spiro atoms. The van der Waals surface area contributed by atoms with E-state index in [0.717, 1.165) is 31.7 Å². The maximum absolute atomic E-state index is 12.4. The van der Waals surface area contributed by atoms with E-state index >= 15 is 0 Å². The lowest BCUT2D eigenvalue weighted by molar-refractivity contribution is -0.128. The molecule has 1 N–H and O–H groups in total. The fourth-order valence-electron chi connectivity index (χ4n) is 3.17. The molecule has 1 aliphatic rings. The van der Waals surface area contributed by atoms with Gasteiger partial charge in [-0.2, -0.15) is 0 Å². The number of ether oxygens (including phenoxy) is 1. The van der Waals surface area contributed by atoms with Crippen molar-refractivity contribution in [3.8, 4) is 5.75 Å². The van der Waals surface area contributed by atoms with Crippen LogP contribution in [0.25, 0.3) is 0 Å². The molecule has 25 heavy (non-hydrogen) atoms. The fraction of sp³-hybridized carbons (Fsp3) is 0.667. The molecule has 1 atom stereocenters. The van der Waals surface area contributed by atoms with Crippen LogP contribution in [0.3, 0.4) is 0 Å². The third-order valence-corrected chi connectivity index (χ3v) is 5.01. The first-order valence-electron chi connectivity index (χ1n) is 9.48. The zero-order valence-electron chi connectivity index (χ0n) is 16.6. The molecule has 0 radical (unpaired) electrons. The third kappa shape index (κ3) is 5.74. The SMILES string of the molecule is CC(Oc1ccc(C(C)(C)C)cc1)C(=O)NC1CCN(C(C)C)CC1. The molecule has 0 saturated carbocycles. The topological polar surface area (TPSA) is 41.6 Å². The van der Waals surface area contributed by atoms with Gasteiger partial charge in [-0.1, -0.05) is 32.9 Å². The highest BCUT2D eigenvalue weighted by molar-refractivity contribution is 5.81. The van der Waals surface area contributed by atoms with Crippen LogP contribution in [0.4, 0.5) is 0 Å². The highest BCUT2D eigenvalue weighted by Crippen LogP contribution is 2.24. The molecule has 140 valence electrons. The first kappa shape index (κ1) is 19.8. The average molecular weight is 347 g/mol. The lowest BCUT2D eigenvalue weighted by Crippen LogP contribution is -2.49. The van der Waals surface area contributed by atoms with Gasteiger partial charge in [0.2, 0.25) is 0 Å². The molecular weight excluding hydrogens is 312 g/mol. The Balaban J connectivity index is 1.82. The molecule has 0 bridgehead atoms. The summed E-state index contributed by atoms with van der Waals surface area (Å²) in [7, 11) is 0. The second-order valence-corrected chi connectivity index (χ2v) is 8.45. The monoisotopic (exact) mass is 346 g/mol. The minimum absolute atomic E-state index is 0.0251. The molecule has 1 aromatic carbocycles. The fourth-order valence-corrected chi connectivity index (χ4v) is 3.17. The summed E-state index contributed by atoms with van der Waals surface area (Å²) in [4.78, 5) is 14.9. The predicted octanol–water partition coefficient (Wildman–Crippen LogP) is 3.74. The Labute approximate surface area is 152 Å². The summed E-state index contributed by atoms with van der Waals surface area (Å²) in [5.41, 5.74) is 1.38. The number of carbonyl (C=O) groups is 1. The van der Waals surface area contributed by atoms with Crippen LogP contribution in [0.1, 0.15) is 59.9 Å². The summed E-state index contributed by atoms with van der Waals surface area (Å²) in [6.07, 6.45) is 1.54. The number of rotatable bonds is 5. The maximum Gasteiger partial charge on any atom is 0.260 e. The van der Waals surface area contributed by atoms with Crippen molar-refractivity contribution in [1.82, 2.24) is 10.2 Å². The highest BCUT2D eigenvalue weighted by Gasteiger charge is 2.24. The molecule has 1 aliphatic heterocycles. The molecule has 4 nitrogen and oxygen atoms in total. The van der Waals surface area contributed by atoms with Crippen molar-refractivity contribution < 1.29 is 9.53 Å². The molecule has 1 fully saturated rings. The number of nitrogens with zero attached hydrogens (tertiary/aromatic N) is 1. The summed E-state index contributed by atoms with van der Waals surface area (Å²) in [6.45, 7) is 14.9. The van der Waals surface area contributed by atoms with Gasteiger partial charge in [0, 0.05) is 25.2 Å². The zero-order valence-corrected chi connectivity index (χ0v) is 16.6. The number of piperidine rings is 1. The number of nitrogens with one attached hydrogen (secondary N) is 1. The van der Waals surface area contributed by atoms with Crippen molar-refractivity contribution in [2.24, 2.45) is 0 Å². The van der Waals surface area contributed by atoms with Crippen LogP contribution in [0.15, 0.2) is 24.3 Å². The van der Waals surface area contributed by atoms with E-state index in [1.165, 1.54) is 5.56 Å². The Morgan fingerprint density at radius 1 is 1.12 bits per heavy atom. The van der Waals surface area contributed by atoms with Gasteiger partial charge in [-0.15, -0.1) is 0 Å². The molecule has 2 rings (SSSR count). The summed E-state index contributed by atoms with van der Waals surface area (Å²) >= 11 is 0. The second-order valence-electron chi connectivity index (χ2n) is 8.45. The number of likely N-dealkylation sites (tertiary alicyclic amines) is 1. The minimum atomic E-state index is -0.483. The number of amides is 1. The molecule has 1 unspecified atom stereocenters. The van der Waals surface area contributed by atoms with Gasteiger partial charge in [-0.3, -0.25) is 4.79 Å². The molecule has 0 aromatic heterocycles. The Morgan fingerprint density at radius 3 is 2.16 bits per heavy atom. The zero-order chi connectivity index (χ0) is 18.6. The van der Waals surface area contributed by atoms with E-state index in [1.54, 1.807) is 0 Å². The Morgan fingerprint density at radius 2 is 1.68 bits per heavy atom. The van der Waals surface area contributed by atoms with E-state index in [2.05, 4.69) is 57.0 Å². The van der Waals surface area contributed by atoms with Crippen molar-refractivity contribution in [2.75, 3.05) is 13.1 Å². The normalized spacial score (nSPS) is 18.2. The number of benzene rings is 1. The van der Waals surface area contributed by atoms with Crippen LogP contribution in [0, 0.1) is 0 Å². The van der Waals surface area contributed by atoms with Crippen LogP contribution in [0.5, 0.6) is 5.75 Å². The maximum atomic E-state index is 12.4. The summed E-state index contributed by atoms with van der Waals surface area (Å²) in [5.74, 6) is 0.716. The second kappa shape index (κ2) is 8.22. The first-order valence-corrected chi connectivity index (χ1v) is 9.48. The Bertz CT molecular complexity index is 552. The molecule has 1 saturated heterocycles. The van der Waals surface area contributed by atoms with E-state index in [1.807, 2.05) is 19.1 Å². The van der Waals surface area contributed by atoms with Crippen molar-refractivity contribution in [3.63, 3.8) is 0 Å². The molecule has 0 aliphatic carbocycles. The van der Waals surface area contributed by atoms with E-state index < -0.39 is 6.10 Å².